The van der Waals surface area contributed by atoms with Crippen molar-refractivity contribution in [3.05, 3.63) is 41.5 Å². The van der Waals surface area contributed by atoms with E-state index in [-0.39, 0.29) is 53.6 Å². The molecule has 1 amide bonds. The van der Waals surface area contributed by atoms with Crippen LogP contribution in [0.15, 0.2) is 24.4 Å². The predicted molar refractivity (Wildman–Crippen MR) is 119 cm³/mol. The van der Waals surface area contributed by atoms with Crippen molar-refractivity contribution in [2.75, 3.05) is 23.4 Å². The number of fused-ring (bicyclic) bond motifs is 1. The molecular formula is C20H23FN8O5. The monoisotopic (exact) mass is 474 g/mol. The van der Waals surface area contributed by atoms with E-state index in [9.17, 15) is 24.2 Å². The van der Waals surface area contributed by atoms with Crippen LogP contribution in [0, 0.1) is 5.82 Å². The quantitative estimate of drug-likeness (QED) is 0.219. The smallest absolute Gasteiger partial charge is 0.303 e. The van der Waals surface area contributed by atoms with Gasteiger partial charge in [-0.1, -0.05) is 0 Å². The van der Waals surface area contributed by atoms with Gasteiger partial charge in [-0.2, -0.15) is 9.97 Å². The van der Waals surface area contributed by atoms with Crippen LogP contribution in [0.3, 0.4) is 0 Å². The van der Waals surface area contributed by atoms with E-state index in [0.29, 0.717) is 5.69 Å². The summed E-state index contributed by atoms with van der Waals surface area (Å²) in [5.74, 6) is -2.63. The number of benzene rings is 1. The number of hydrogen-bond donors (Lipinski definition) is 6. The van der Waals surface area contributed by atoms with Gasteiger partial charge in [0.05, 0.1) is 30.2 Å². The molecule has 8 N–H and O–H groups in total. The Hall–Kier alpha value is -4.17. The first-order valence-electron chi connectivity index (χ1n) is 9.99. The average molecular weight is 474 g/mol. The Balaban J connectivity index is 1.73. The normalized spacial score (nSPS) is 12.0. The number of nitrogens with one attached hydrogen (secondary N) is 1. The fourth-order valence-corrected chi connectivity index (χ4v) is 3.17. The molecule has 2 heterocycles. The molecule has 1 aromatic carbocycles. The molecule has 0 radical (unpaired) electrons. The number of anilines is 3. The Kier molecular flexibility index (Phi) is 7.33. The molecule has 3 rings (SSSR count). The van der Waals surface area contributed by atoms with Crippen LogP contribution in [-0.4, -0.2) is 66.5 Å². The van der Waals surface area contributed by atoms with Crippen LogP contribution in [0.5, 0.6) is 0 Å². The number of carbonyl (C=O) groups is 2. The van der Waals surface area contributed by atoms with Gasteiger partial charge in [-0.05, 0) is 24.6 Å². The van der Waals surface area contributed by atoms with Crippen LogP contribution in [0.25, 0.3) is 11.2 Å². The first kappa shape index (κ1) is 24.5. The Labute approximate surface area is 192 Å². The lowest BCUT2D eigenvalue weighted by Crippen LogP contribution is -2.43. The summed E-state index contributed by atoms with van der Waals surface area (Å²) in [6.07, 6.45) is -1.12. The third-order valence-corrected chi connectivity index (χ3v) is 4.87. The summed E-state index contributed by atoms with van der Waals surface area (Å²) in [5, 5.41) is 29.8. The Morgan fingerprint density at radius 1 is 1.21 bits per heavy atom. The molecule has 0 aliphatic heterocycles. The summed E-state index contributed by atoms with van der Waals surface area (Å²) in [7, 11) is 1.61. The van der Waals surface area contributed by atoms with Gasteiger partial charge in [0.25, 0.3) is 5.91 Å². The molecule has 0 saturated heterocycles. The van der Waals surface area contributed by atoms with Crippen molar-refractivity contribution in [3.63, 3.8) is 0 Å². The fraction of sp³-hybridized carbons (Fsp3) is 0.300. The van der Waals surface area contributed by atoms with Crippen LogP contribution in [0.4, 0.5) is 21.8 Å². The molecule has 3 aromatic rings. The lowest BCUT2D eigenvalue weighted by Gasteiger charge is -2.21. The van der Waals surface area contributed by atoms with Gasteiger partial charge < -0.3 is 37.0 Å². The number of carbonyl (C=O) groups excluding carboxylic acids is 1. The third-order valence-electron chi connectivity index (χ3n) is 4.87. The zero-order valence-corrected chi connectivity index (χ0v) is 18.0. The van der Waals surface area contributed by atoms with Gasteiger partial charge in [0, 0.05) is 19.0 Å². The van der Waals surface area contributed by atoms with Crippen molar-refractivity contribution in [1.82, 2.24) is 25.3 Å². The van der Waals surface area contributed by atoms with E-state index in [2.05, 4.69) is 25.3 Å². The van der Waals surface area contributed by atoms with Gasteiger partial charge in [0.15, 0.2) is 23.3 Å². The second-order valence-corrected chi connectivity index (χ2v) is 7.45. The molecular weight excluding hydrogens is 451 g/mol. The summed E-state index contributed by atoms with van der Waals surface area (Å²) in [6.45, 7) is 0.142. The van der Waals surface area contributed by atoms with Crippen molar-refractivity contribution < 1.29 is 29.3 Å². The molecule has 0 spiro atoms. The van der Waals surface area contributed by atoms with Crippen molar-refractivity contribution >= 4 is 40.5 Å². The van der Waals surface area contributed by atoms with Crippen LogP contribution in [-0.2, 0) is 11.3 Å². The van der Waals surface area contributed by atoms with Crippen molar-refractivity contribution in [2.24, 2.45) is 0 Å². The van der Waals surface area contributed by atoms with E-state index >= 15 is 0 Å². The number of amides is 1. The number of aliphatic carboxylic acids is 1. The number of nitrogen functional groups attached to an aromatic ring is 2. The van der Waals surface area contributed by atoms with Crippen LogP contribution >= 0.6 is 0 Å². The lowest BCUT2D eigenvalue weighted by atomic mass is 10.1. The number of aromatic nitrogens is 4. The van der Waals surface area contributed by atoms with Crippen LogP contribution < -0.4 is 21.7 Å². The molecule has 0 fully saturated rings. The minimum Gasteiger partial charge on any atom is -0.481 e. The molecule has 34 heavy (non-hydrogen) atoms. The third kappa shape index (κ3) is 5.79. The second kappa shape index (κ2) is 10.2. The minimum absolute atomic E-state index is 0.0305. The van der Waals surface area contributed by atoms with Crippen LogP contribution in [0.2, 0.25) is 0 Å². The van der Waals surface area contributed by atoms with E-state index < -0.39 is 30.0 Å². The van der Waals surface area contributed by atoms with E-state index in [0.717, 1.165) is 6.07 Å². The average Bonchev–Trinajstić information content (AvgIpc) is 2.76. The number of aliphatic hydroxyl groups is 2. The molecule has 180 valence electrons. The molecule has 2 aromatic heterocycles. The van der Waals surface area contributed by atoms with E-state index in [4.69, 9.17) is 16.6 Å². The minimum atomic E-state index is -1.97. The zero-order valence-electron chi connectivity index (χ0n) is 18.0. The highest BCUT2D eigenvalue weighted by molar-refractivity contribution is 5.94. The first-order chi connectivity index (χ1) is 16.0. The van der Waals surface area contributed by atoms with Crippen molar-refractivity contribution in [1.29, 1.82) is 0 Å². The molecule has 0 aliphatic rings. The molecule has 0 unspecified atom stereocenters. The summed E-state index contributed by atoms with van der Waals surface area (Å²) >= 11 is 0. The number of nitrogens with zero attached hydrogens (tertiary/aromatic N) is 5. The standard InChI is InChI=1S/C20H23FN8O5/c1-29(8-10-7-24-17-15(25-10)16(22)27-20(23)28-17)13-4-2-9(6-11(13)21)18(32)26-12(19(33)34)3-5-14(30)31/h2,4,6-7,12,19,33-34H,3,5,8H2,1H3,(H,26,32)(H,30,31)(H4,22,23,24,27,28)/t12-/m0/s1. The Morgan fingerprint density at radius 3 is 2.59 bits per heavy atom. The maximum Gasteiger partial charge on any atom is 0.303 e. The summed E-state index contributed by atoms with van der Waals surface area (Å²) in [6, 6.07) is 2.48. The SMILES string of the molecule is CN(Cc1cnc2nc(N)nc(N)c2n1)c1ccc(C(=O)N[C@@H](CCC(=O)O)C(O)O)cc1F. The van der Waals surface area contributed by atoms with Gasteiger partial charge in [-0.15, -0.1) is 0 Å². The first-order valence-corrected chi connectivity index (χ1v) is 9.99. The lowest BCUT2D eigenvalue weighted by molar-refractivity contribution is -0.137. The second-order valence-electron chi connectivity index (χ2n) is 7.45. The maximum atomic E-state index is 14.8. The van der Waals surface area contributed by atoms with Crippen molar-refractivity contribution in [2.45, 2.75) is 31.7 Å². The topological polar surface area (TPSA) is 214 Å². The number of hydrogen-bond acceptors (Lipinski definition) is 11. The van der Waals surface area contributed by atoms with Crippen LogP contribution in [0.1, 0.15) is 28.9 Å². The number of aliphatic hydroxyl groups excluding tert-OH is 1. The Morgan fingerprint density at radius 2 is 1.94 bits per heavy atom. The van der Waals surface area contributed by atoms with Gasteiger partial charge in [0.1, 0.15) is 5.82 Å². The summed E-state index contributed by atoms with van der Waals surface area (Å²) < 4.78 is 14.8. The van der Waals surface area contributed by atoms with Gasteiger partial charge in [0.2, 0.25) is 5.95 Å². The van der Waals surface area contributed by atoms with Crippen molar-refractivity contribution in [3.8, 4) is 0 Å². The van der Waals surface area contributed by atoms with E-state index in [1.54, 1.807) is 7.05 Å². The fourth-order valence-electron chi connectivity index (χ4n) is 3.17. The Bertz CT molecular complexity index is 1230. The number of carboxylic acids is 1. The highest BCUT2D eigenvalue weighted by atomic mass is 19.1. The maximum absolute atomic E-state index is 14.8. The number of rotatable bonds is 9. The number of halogens is 1. The van der Waals surface area contributed by atoms with Gasteiger partial charge in [-0.25, -0.2) is 14.4 Å². The molecule has 0 aliphatic carbocycles. The van der Waals surface area contributed by atoms with E-state index in [1.807, 2.05) is 0 Å². The summed E-state index contributed by atoms with van der Waals surface area (Å²) in [5.41, 5.74) is 12.4. The molecule has 0 saturated carbocycles. The zero-order chi connectivity index (χ0) is 25.0. The predicted octanol–water partition coefficient (Wildman–Crippen LogP) is -0.366. The largest absolute Gasteiger partial charge is 0.481 e. The molecule has 13 nitrogen and oxygen atoms in total. The summed E-state index contributed by atoms with van der Waals surface area (Å²) in [4.78, 5) is 40.9. The molecule has 1 atom stereocenters. The van der Waals surface area contributed by atoms with Gasteiger partial charge in [-0.3, -0.25) is 9.59 Å². The molecule has 0 bridgehead atoms. The highest BCUT2D eigenvalue weighted by Gasteiger charge is 2.22. The number of nitrogens with two attached hydrogens (primary N) is 2. The highest BCUT2D eigenvalue weighted by Crippen LogP contribution is 2.22. The van der Waals surface area contributed by atoms with Gasteiger partial charge >= 0.3 is 5.97 Å². The molecule has 14 heteroatoms. The van der Waals surface area contributed by atoms with E-state index in [1.165, 1.54) is 23.2 Å². The number of carboxylic acid groups (broad SMARTS) is 1.